The second-order valence-corrected chi connectivity index (χ2v) is 8.44. The van der Waals surface area contributed by atoms with Crippen molar-refractivity contribution in [1.82, 2.24) is 20.1 Å². The number of nitrogens with zero attached hydrogens (tertiary/aromatic N) is 3. The summed E-state index contributed by atoms with van der Waals surface area (Å²) < 4.78 is 0. The van der Waals surface area contributed by atoms with Crippen LogP contribution in [0.2, 0.25) is 0 Å². The van der Waals surface area contributed by atoms with Gasteiger partial charge in [0.05, 0.1) is 12.2 Å². The summed E-state index contributed by atoms with van der Waals surface area (Å²) in [6.07, 6.45) is 5.33. The topological polar surface area (TPSA) is 72.3 Å². The van der Waals surface area contributed by atoms with Gasteiger partial charge >= 0.3 is 0 Å². The quantitative estimate of drug-likeness (QED) is 0.292. The van der Waals surface area contributed by atoms with Crippen molar-refractivity contribution in [3.05, 3.63) is 16.1 Å². The molecule has 0 aromatic carbocycles. The summed E-state index contributed by atoms with van der Waals surface area (Å²) in [6.45, 7) is 14.9. The molecule has 1 rings (SSSR count). The molecule has 1 atom stereocenters. The van der Waals surface area contributed by atoms with E-state index in [-0.39, 0.29) is 11.9 Å². The summed E-state index contributed by atoms with van der Waals surface area (Å²) in [5.74, 6) is 0.560. The second kappa shape index (κ2) is 13.7. The van der Waals surface area contributed by atoms with Gasteiger partial charge in [-0.2, -0.15) is 0 Å². The number of carbonyl (C=O) groups is 1. The summed E-state index contributed by atoms with van der Waals surface area (Å²) in [6, 6.07) is 0. The Kier molecular flexibility index (Phi) is 12.0. The van der Waals surface area contributed by atoms with Crippen molar-refractivity contribution in [2.75, 3.05) is 26.2 Å². The van der Waals surface area contributed by atoms with Gasteiger partial charge in [-0.25, -0.2) is 4.98 Å². The predicted octanol–water partition coefficient (Wildman–Crippen LogP) is 4.12. The van der Waals surface area contributed by atoms with Gasteiger partial charge in [-0.1, -0.05) is 40.5 Å². The van der Waals surface area contributed by atoms with Crippen molar-refractivity contribution in [2.24, 2.45) is 5.92 Å². The normalized spacial score (nSPS) is 12.2. The molecule has 1 heterocycles. The number of amides is 1. The van der Waals surface area contributed by atoms with Gasteiger partial charge in [0, 0.05) is 25.4 Å². The summed E-state index contributed by atoms with van der Waals surface area (Å²) in [4.78, 5) is 20.4. The average Bonchev–Trinajstić information content (AvgIpc) is 3.11. The minimum atomic E-state index is -0.178. The van der Waals surface area contributed by atoms with Gasteiger partial charge in [0.2, 0.25) is 5.91 Å². The first-order valence-corrected chi connectivity index (χ1v) is 11.5. The van der Waals surface area contributed by atoms with Crippen LogP contribution in [0.4, 0.5) is 0 Å². The fraction of sp³-hybridized carbons (Fsp3) is 0.762. The van der Waals surface area contributed by atoms with Crippen molar-refractivity contribution in [3.63, 3.8) is 0 Å². The molecule has 0 radical (unpaired) electrons. The maximum Gasteiger partial charge on any atom is 0.223 e. The Hall–Kier alpha value is -1.47. The first kappa shape index (κ1) is 24.6. The first-order valence-electron chi connectivity index (χ1n) is 10.7. The fourth-order valence-electron chi connectivity index (χ4n) is 3.01. The molecule has 2 N–H and O–H groups in total. The molecule has 0 bridgehead atoms. The van der Waals surface area contributed by atoms with Crippen molar-refractivity contribution in [2.45, 2.75) is 73.3 Å². The molecule has 1 amide bonds. The van der Waals surface area contributed by atoms with Gasteiger partial charge in [0.25, 0.3) is 0 Å². The van der Waals surface area contributed by atoms with E-state index < -0.39 is 0 Å². The molecule has 0 saturated heterocycles. The second-order valence-electron chi connectivity index (χ2n) is 7.49. The lowest BCUT2D eigenvalue weighted by atomic mass is 10.1. The molecule has 7 heteroatoms. The van der Waals surface area contributed by atoms with Crippen molar-refractivity contribution >= 4 is 23.2 Å². The number of nitrogens with one attached hydrogen (secondary N) is 2. The molecule has 6 nitrogen and oxygen atoms in total. The minimum Gasteiger partial charge on any atom is -0.343 e. The fourth-order valence-corrected chi connectivity index (χ4v) is 3.88. The lowest BCUT2D eigenvalue weighted by molar-refractivity contribution is -0.117. The van der Waals surface area contributed by atoms with Crippen LogP contribution in [-0.4, -0.2) is 52.8 Å². The maximum absolute atomic E-state index is 11.3. The van der Waals surface area contributed by atoms with Crippen LogP contribution in [-0.2, 0) is 17.8 Å². The zero-order valence-electron chi connectivity index (χ0n) is 18.4. The number of hydrogen-bond donors (Lipinski definition) is 2. The Bertz CT molecular complexity index is 585. The SMILES string of the molecule is CCC(C)CN(CCCCCc1csc(CN(CC)CC)n1)C(=N)NC(C)=O. The van der Waals surface area contributed by atoms with Crippen LogP contribution in [0.25, 0.3) is 0 Å². The molecule has 1 unspecified atom stereocenters. The van der Waals surface area contributed by atoms with Crippen molar-refractivity contribution in [1.29, 1.82) is 5.41 Å². The molecule has 0 spiro atoms. The number of guanidine groups is 1. The van der Waals surface area contributed by atoms with Crippen LogP contribution < -0.4 is 5.32 Å². The molecule has 1 aromatic rings. The van der Waals surface area contributed by atoms with E-state index in [0.717, 1.165) is 64.8 Å². The molecular weight excluding hydrogens is 370 g/mol. The van der Waals surface area contributed by atoms with Crippen molar-refractivity contribution < 1.29 is 4.79 Å². The van der Waals surface area contributed by atoms with E-state index in [1.807, 2.05) is 4.90 Å². The standard InChI is InChI=1S/C21H39N5OS/c1-6-17(4)14-26(21(22)23-18(5)27)13-11-9-10-12-19-16-28-20(24-19)15-25(7-2)8-3/h16-17H,6-15H2,1-5H3,(H2,22,23,27). The summed E-state index contributed by atoms with van der Waals surface area (Å²) in [5.41, 5.74) is 1.20. The van der Waals surface area contributed by atoms with Crippen LogP contribution in [0.15, 0.2) is 5.38 Å². The number of unbranched alkanes of at least 4 members (excludes halogenated alkanes) is 2. The molecule has 0 saturated carbocycles. The van der Waals surface area contributed by atoms with Crippen LogP contribution >= 0.6 is 11.3 Å². The van der Waals surface area contributed by atoms with E-state index >= 15 is 0 Å². The Morgan fingerprint density at radius 2 is 1.96 bits per heavy atom. The Morgan fingerprint density at radius 1 is 1.25 bits per heavy atom. The maximum atomic E-state index is 11.3. The Labute approximate surface area is 175 Å². The number of rotatable bonds is 13. The molecule has 160 valence electrons. The highest BCUT2D eigenvalue weighted by Gasteiger charge is 2.13. The monoisotopic (exact) mass is 409 g/mol. The first-order chi connectivity index (χ1) is 13.4. The predicted molar refractivity (Wildman–Crippen MR) is 119 cm³/mol. The highest BCUT2D eigenvalue weighted by molar-refractivity contribution is 7.09. The average molecular weight is 410 g/mol. The van der Waals surface area contributed by atoms with Gasteiger partial charge in [-0.15, -0.1) is 11.3 Å². The summed E-state index contributed by atoms with van der Waals surface area (Å²) in [7, 11) is 0. The number of aromatic nitrogens is 1. The Balaban J connectivity index is 2.37. The molecular formula is C21H39N5OS. The number of aryl methyl sites for hydroxylation is 1. The van der Waals surface area contributed by atoms with Crippen LogP contribution in [0.3, 0.4) is 0 Å². The lowest BCUT2D eigenvalue weighted by Gasteiger charge is -2.27. The molecule has 0 aliphatic heterocycles. The van der Waals surface area contributed by atoms with Gasteiger partial charge < -0.3 is 4.90 Å². The highest BCUT2D eigenvalue weighted by atomic mass is 32.1. The van der Waals surface area contributed by atoms with E-state index in [1.165, 1.54) is 17.6 Å². The number of carbonyl (C=O) groups excluding carboxylic acids is 1. The third-order valence-electron chi connectivity index (χ3n) is 5.05. The molecule has 0 aliphatic carbocycles. The van der Waals surface area contributed by atoms with Crippen LogP contribution in [0.5, 0.6) is 0 Å². The largest absolute Gasteiger partial charge is 0.343 e. The van der Waals surface area contributed by atoms with E-state index in [1.54, 1.807) is 11.3 Å². The summed E-state index contributed by atoms with van der Waals surface area (Å²) >= 11 is 1.77. The zero-order valence-corrected chi connectivity index (χ0v) is 19.2. The Morgan fingerprint density at radius 3 is 2.57 bits per heavy atom. The molecule has 0 aliphatic rings. The van der Waals surface area contributed by atoms with Crippen LogP contribution in [0, 0.1) is 11.3 Å². The van der Waals surface area contributed by atoms with Gasteiger partial charge in [-0.05, 0) is 38.3 Å². The van der Waals surface area contributed by atoms with E-state index in [0.29, 0.717) is 5.92 Å². The lowest BCUT2D eigenvalue weighted by Crippen LogP contribution is -2.44. The van der Waals surface area contributed by atoms with E-state index in [4.69, 9.17) is 10.4 Å². The van der Waals surface area contributed by atoms with Gasteiger partial charge in [-0.3, -0.25) is 20.4 Å². The van der Waals surface area contributed by atoms with Gasteiger partial charge in [0.1, 0.15) is 5.01 Å². The van der Waals surface area contributed by atoms with Crippen LogP contribution in [0.1, 0.15) is 71.0 Å². The number of thiazole rings is 1. The smallest absolute Gasteiger partial charge is 0.223 e. The minimum absolute atomic E-state index is 0.178. The third kappa shape index (κ3) is 9.64. The highest BCUT2D eigenvalue weighted by Crippen LogP contribution is 2.15. The third-order valence-corrected chi connectivity index (χ3v) is 5.94. The van der Waals surface area contributed by atoms with E-state index in [2.05, 4.69) is 43.3 Å². The van der Waals surface area contributed by atoms with Gasteiger partial charge in [0.15, 0.2) is 5.96 Å². The molecule has 0 fully saturated rings. The zero-order chi connectivity index (χ0) is 20.9. The number of hydrogen-bond acceptors (Lipinski definition) is 5. The van der Waals surface area contributed by atoms with E-state index in [9.17, 15) is 4.79 Å². The summed E-state index contributed by atoms with van der Waals surface area (Å²) in [5, 5.41) is 14.2. The molecule has 28 heavy (non-hydrogen) atoms. The molecule has 1 aromatic heterocycles. The van der Waals surface area contributed by atoms with Crippen molar-refractivity contribution in [3.8, 4) is 0 Å².